The summed E-state index contributed by atoms with van der Waals surface area (Å²) < 4.78 is 43.4. The fraction of sp³-hybridized carbons (Fsp3) is 0.222. The molecule has 5 rings (SSSR count). The van der Waals surface area contributed by atoms with Crippen LogP contribution >= 0.6 is 11.6 Å². The van der Waals surface area contributed by atoms with Crippen molar-refractivity contribution in [1.82, 2.24) is 4.90 Å². The van der Waals surface area contributed by atoms with Crippen molar-refractivity contribution in [1.29, 1.82) is 0 Å². The van der Waals surface area contributed by atoms with E-state index in [0.717, 1.165) is 6.08 Å². The highest BCUT2D eigenvalue weighted by molar-refractivity contribution is 7.94. The molecule has 3 aromatic carbocycles. The average molecular weight is 542 g/mol. The van der Waals surface area contributed by atoms with Gasteiger partial charge in [-0.2, -0.15) is 4.39 Å². The number of amides is 1. The van der Waals surface area contributed by atoms with Crippen LogP contribution in [-0.4, -0.2) is 42.5 Å². The van der Waals surface area contributed by atoms with Crippen LogP contribution in [0.1, 0.15) is 34.3 Å². The standard InChI is InChI=1S/C27H25ClFN3O4S/c28-23-7-3-2-6-22(23)26(34)15-17-32(18-16-26)25(33)20-9-11-21(12-10-20)31-37(35,36)27(29)14-13-19-5-1-4-8-24(19)30-27/h1-14,30-31,34H,15-18H2. The second kappa shape index (κ2) is 9.48. The van der Waals surface area contributed by atoms with Gasteiger partial charge in [0.05, 0.1) is 5.60 Å². The minimum Gasteiger partial charge on any atom is -0.385 e. The molecular formula is C27H25ClFN3O4S. The Hall–Kier alpha value is -3.40. The summed E-state index contributed by atoms with van der Waals surface area (Å²) in [7, 11) is -4.52. The number of carbonyl (C=O) groups is 1. The van der Waals surface area contributed by atoms with Crippen molar-refractivity contribution in [3.05, 3.63) is 101 Å². The molecule has 7 nitrogen and oxygen atoms in total. The Labute approximate surface area is 219 Å². The van der Waals surface area contributed by atoms with Crippen LogP contribution in [0.5, 0.6) is 0 Å². The Balaban J connectivity index is 1.24. The Bertz CT molecular complexity index is 1470. The number of nitrogens with one attached hydrogen (secondary N) is 2. The maximum absolute atomic E-state index is 15.4. The lowest BCUT2D eigenvalue weighted by molar-refractivity contribution is -0.0210. The van der Waals surface area contributed by atoms with Crippen LogP contribution in [0.4, 0.5) is 15.8 Å². The van der Waals surface area contributed by atoms with E-state index in [4.69, 9.17) is 11.6 Å². The van der Waals surface area contributed by atoms with Crippen molar-refractivity contribution in [2.45, 2.75) is 23.6 Å². The Morgan fingerprint density at radius 3 is 2.35 bits per heavy atom. The number of halogens is 2. The van der Waals surface area contributed by atoms with E-state index >= 15 is 4.39 Å². The van der Waals surface area contributed by atoms with Crippen molar-refractivity contribution in [3.8, 4) is 0 Å². The van der Waals surface area contributed by atoms with Gasteiger partial charge < -0.3 is 15.3 Å². The molecule has 1 fully saturated rings. The highest BCUT2D eigenvalue weighted by Gasteiger charge is 2.44. The summed E-state index contributed by atoms with van der Waals surface area (Å²) in [6.07, 6.45) is 3.04. The van der Waals surface area contributed by atoms with Crippen LogP contribution < -0.4 is 10.0 Å². The number of alkyl halides is 1. The molecule has 1 unspecified atom stereocenters. The molecule has 1 atom stereocenters. The third-order valence-corrected chi connectivity index (χ3v) is 8.63. The molecule has 3 aromatic rings. The number of para-hydroxylation sites is 1. The van der Waals surface area contributed by atoms with Crippen molar-refractivity contribution < 1.29 is 22.7 Å². The van der Waals surface area contributed by atoms with Crippen LogP contribution in [0.25, 0.3) is 6.08 Å². The lowest BCUT2D eigenvalue weighted by atomic mass is 9.84. The van der Waals surface area contributed by atoms with Gasteiger partial charge in [0.2, 0.25) is 0 Å². The highest BCUT2D eigenvalue weighted by atomic mass is 35.5. The number of sulfonamides is 1. The third-order valence-electron chi connectivity index (χ3n) is 6.77. The lowest BCUT2D eigenvalue weighted by Gasteiger charge is -2.39. The van der Waals surface area contributed by atoms with Gasteiger partial charge in [-0.3, -0.25) is 9.52 Å². The van der Waals surface area contributed by atoms with Crippen LogP contribution in [-0.2, 0) is 15.6 Å². The van der Waals surface area contributed by atoms with E-state index in [1.165, 1.54) is 30.3 Å². The normalized spacial score (nSPS) is 20.6. The molecule has 3 N–H and O–H groups in total. The van der Waals surface area contributed by atoms with E-state index in [-0.39, 0.29) is 11.6 Å². The van der Waals surface area contributed by atoms with Crippen LogP contribution in [0.15, 0.2) is 78.9 Å². The summed E-state index contributed by atoms with van der Waals surface area (Å²) in [4.78, 5) is 14.7. The maximum atomic E-state index is 15.4. The zero-order valence-electron chi connectivity index (χ0n) is 19.7. The summed E-state index contributed by atoms with van der Waals surface area (Å²) >= 11 is 6.26. The maximum Gasteiger partial charge on any atom is 0.319 e. The van der Waals surface area contributed by atoms with E-state index < -0.39 is 20.7 Å². The molecule has 192 valence electrons. The monoisotopic (exact) mass is 541 g/mol. The van der Waals surface area contributed by atoms with Gasteiger partial charge in [0.1, 0.15) is 0 Å². The largest absolute Gasteiger partial charge is 0.385 e. The van der Waals surface area contributed by atoms with Crippen molar-refractivity contribution in [3.63, 3.8) is 0 Å². The summed E-state index contributed by atoms with van der Waals surface area (Å²) in [6.45, 7) is 0.664. The minimum atomic E-state index is -4.52. The van der Waals surface area contributed by atoms with E-state index in [1.807, 2.05) is 6.07 Å². The minimum absolute atomic E-state index is 0.120. The van der Waals surface area contributed by atoms with Crippen LogP contribution in [0.3, 0.4) is 0 Å². The molecule has 1 saturated heterocycles. The number of piperidine rings is 1. The molecule has 0 aliphatic carbocycles. The van der Waals surface area contributed by atoms with Crippen molar-refractivity contribution in [2.75, 3.05) is 23.1 Å². The van der Waals surface area contributed by atoms with Crippen LogP contribution in [0, 0.1) is 0 Å². The number of nitrogens with zero attached hydrogens (tertiary/aromatic N) is 1. The molecule has 0 bridgehead atoms. The fourth-order valence-electron chi connectivity index (χ4n) is 4.62. The van der Waals surface area contributed by atoms with Crippen molar-refractivity contribution >= 4 is 45.0 Å². The first-order chi connectivity index (χ1) is 17.6. The van der Waals surface area contributed by atoms with Crippen molar-refractivity contribution in [2.24, 2.45) is 0 Å². The number of rotatable bonds is 5. The molecule has 0 saturated carbocycles. The lowest BCUT2D eigenvalue weighted by Crippen LogP contribution is -2.45. The number of hydrogen-bond acceptors (Lipinski definition) is 5. The molecule has 37 heavy (non-hydrogen) atoms. The van der Waals surface area contributed by atoms with E-state index in [0.29, 0.717) is 53.3 Å². The fourth-order valence-corrected chi connectivity index (χ4v) is 6.01. The number of aliphatic hydroxyl groups is 1. The Morgan fingerprint density at radius 2 is 1.65 bits per heavy atom. The summed E-state index contributed by atoms with van der Waals surface area (Å²) in [5.41, 5.74) is 1.05. The number of likely N-dealkylation sites (tertiary alicyclic amines) is 1. The molecule has 0 aromatic heterocycles. The van der Waals surface area contributed by atoms with Gasteiger partial charge in [0.15, 0.2) is 0 Å². The SMILES string of the molecule is O=C(c1ccc(NS(=O)(=O)C2(F)C=Cc3ccccc3N2)cc1)N1CCC(O)(c2ccccc2Cl)CC1. The van der Waals surface area contributed by atoms with E-state index in [2.05, 4.69) is 10.0 Å². The first kappa shape index (κ1) is 25.3. The number of benzene rings is 3. The van der Waals surface area contributed by atoms with Gasteiger partial charge >= 0.3 is 5.12 Å². The molecule has 10 heteroatoms. The topological polar surface area (TPSA) is 98.7 Å². The first-order valence-electron chi connectivity index (χ1n) is 11.7. The molecule has 1 amide bonds. The third kappa shape index (κ3) is 4.82. The summed E-state index contributed by atoms with van der Waals surface area (Å²) in [6, 6.07) is 19.7. The predicted molar refractivity (Wildman–Crippen MR) is 142 cm³/mol. The first-order valence-corrected chi connectivity index (χ1v) is 13.6. The number of carbonyl (C=O) groups excluding carboxylic acids is 1. The van der Waals surface area contributed by atoms with Crippen LogP contribution in [0.2, 0.25) is 5.02 Å². The molecule has 0 radical (unpaired) electrons. The number of fused-ring (bicyclic) bond motifs is 1. The zero-order valence-corrected chi connectivity index (χ0v) is 21.3. The number of anilines is 2. The quantitative estimate of drug-likeness (QED) is 0.396. The molecular weight excluding hydrogens is 517 g/mol. The number of hydrogen-bond donors (Lipinski definition) is 3. The van der Waals surface area contributed by atoms with Gasteiger partial charge in [0, 0.05) is 40.6 Å². The molecule has 2 heterocycles. The van der Waals surface area contributed by atoms with Gasteiger partial charge in [-0.15, -0.1) is 0 Å². The zero-order chi connectivity index (χ0) is 26.3. The average Bonchev–Trinajstić information content (AvgIpc) is 2.89. The summed E-state index contributed by atoms with van der Waals surface area (Å²) in [5, 5.41) is 11.2. The summed E-state index contributed by atoms with van der Waals surface area (Å²) in [5.74, 6) is -0.244. The van der Waals surface area contributed by atoms with Gasteiger partial charge in [0.25, 0.3) is 15.9 Å². The smallest absolute Gasteiger partial charge is 0.319 e. The Morgan fingerprint density at radius 1 is 1.00 bits per heavy atom. The predicted octanol–water partition coefficient (Wildman–Crippen LogP) is 4.97. The molecule has 2 aliphatic heterocycles. The van der Waals surface area contributed by atoms with Gasteiger partial charge in [-0.25, -0.2) is 8.42 Å². The van der Waals surface area contributed by atoms with Gasteiger partial charge in [-0.1, -0.05) is 54.1 Å². The second-order valence-electron chi connectivity index (χ2n) is 9.18. The molecule has 2 aliphatic rings. The highest BCUT2D eigenvalue weighted by Crippen LogP contribution is 2.37. The second-order valence-corrected chi connectivity index (χ2v) is 11.4. The van der Waals surface area contributed by atoms with E-state index in [1.54, 1.807) is 47.4 Å². The van der Waals surface area contributed by atoms with Gasteiger partial charge in [-0.05, 0) is 60.9 Å². The Kier molecular flexibility index (Phi) is 6.47. The molecule has 0 spiro atoms. The van der Waals surface area contributed by atoms with E-state index in [9.17, 15) is 18.3 Å².